The number of nitrogens with one attached hydrogen (secondary N) is 1. The maximum absolute atomic E-state index is 5.42. The molecule has 0 saturated heterocycles. The molecule has 1 saturated carbocycles. The summed E-state index contributed by atoms with van der Waals surface area (Å²) in [5.41, 5.74) is 1.27. The summed E-state index contributed by atoms with van der Waals surface area (Å²) in [7, 11) is 0. The Bertz CT molecular complexity index is 458. The van der Waals surface area contributed by atoms with Gasteiger partial charge in [0.25, 0.3) is 0 Å². The van der Waals surface area contributed by atoms with Crippen molar-refractivity contribution < 1.29 is 9.47 Å². The molecule has 0 spiro atoms. The average Bonchev–Trinajstić information content (AvgIpc) is 2.96. The van der Waals surface area contributed by atoms with Crippen LogP contribution in [-0.4, -0.2) is 24.3 Å². The highest BCUT2D eigenvalue weighted by Crippen LogP contribution is 2.38. The zero-order valence-electron chi connectivity index (χ0n) is 12.1. The van der Waals surface area contributed by atoms with Gasteiger partial charge in [-0.2, -0.15) is 11.8 Å². The first-order valence-corrected chi connectivity index (χ1v) is 8.68. The maximum atomic E-state index is 5.42. The van der Waals surface area contributed by atoms with Gasteiger partial charge in [-0.15, -0.1) is 0 Å². The predicted octanol–water partition coefficient (Wildman–Crippen LogP) is 3.57. The summed E-state index contributed by atoms with van der Waals surface area (Å²) in [6.45, 7) is 2.35. The molecule has 0 unspecified atom stereocenters. The Morgan fingerprint density at radius 3 is 2.75 bits per heavy atom. The smallest absolute Gasteiger partial charge is 0.231 e. The SMILES string of the molecule is CSC1(CNCc2ccc3c(c2)OCO3)CCCCC1. The van der Waals surface area contributed by atoms with Gasteiger partial charge in [0, 0.05) is 17.8 Å². The van der Waals surface area contributed by atoms with Crippen molar-refractivity contribution >= 4 is 11.8 Å². The number of hydrogen-bond donors (Lipinski definition) is 1. The first kappa shape index (κ1) is 14.1. The molecule has 1 aliphatic carbocycles. The minimum Gasteiger partial charge on any atom is -0.454 e. The first-order valence-electron chi connectivity index (χ1n) is 7.46. The lowest BCUT2D eigenvalue weighted by atomic mass is 9.88. The molecule has 1 N–H and O–H groups in total. The van der Waals surface area contributed by atoms with Crippen LogP contribution in [0.1, 0.15) is 37.7 Å². The van der Waals surface area contributed by atoms with Gasteiger partial charge in [-0.25, -0.2) is 0 Å². The molecule has 0 aromatic heterocycles. The highest BCUT2D eigenvalue weighted by molar-refractivity contribution is 8.00. The Morgan fingerprint density at radius 1 is 1.15 bits per heavy atom. The zero-order chi connectivity index (χ0) is 13.8. The van der Waals surface area contributed by atoms with Crippen molar-refractivity contribution in [3.8, 4) is 11.5 Å². The van der Waals surface area contributed by atoms with Crippen LogP contribution < -0.4 is 14.8 Å². The molecule has 2 aliphatic rings. The van der Waals surface area contributed by atoms with E-state index in [4.69, 9.17) is 9.47 Å². The molecule has 1 heterocycles. The van der Waals surface area contributed by atoms with Gasteiger partial charge >= 0.3 is 0 Å². The second kappa shape index (κ2) is 6.27. The van der Waals surface area contributed by atoms with E-state index in [0.29, 0.717) is 11.5 Å². The normalized spacial score (nSPS) is 20.1. The summed E-state index contributed by atoms with van der Waals surface area (Å²) >= 11 is 2.04. The van der Waals surface area contributed by atoms with E-state index in [1.54, 1.807) is 0 Å². The van der Waals surface area contributed by atoms with Gasteiger partial charge < -0.3 is 14.8 Å². The summed E-state index contributed by atoms with van der Waals surface area (Å²) in [5.74, 6) is 1.74. The Morgan fingerprint density at radius 2 is 1.95 bits per heavy atom. The third-order valence-corrected chi connectivity index (χ3v) is 5.83. The molecule has 1 fully saturated rings. The van der Waals surface area contributed by atoms with Crippen LogP contribution in [0.15, 0.2) is 18.2 Å². The monoisotopic (exact) mass is 293 g/mol. The van der Waals surface area contributed by atoms with Crippen molar-refractivity contribution in [3.63, 3.8) is 0 Å². The number of thioether (sulfide) groups is 1. The number of rotatable bonds is 5. The minimum absolute atomic E-state index is 0.349. The highest BCUT2D eigenvalue weighted by Gasteiger charge is 2.30. The van der Waals surface area contributed by atoms with Crippen LogP contribution in [-0.2, 0) is 6.54 Å². The molecule has 0 bridgehead atoms. The lowest BCUT2D eigenvalue weighted by molar-refractivity contribution is 0.174. The number of ether oxygens (including phenoxy) is 2. The molecule has 1 aromatic carbocycles. The molecule has 20 heavy (non-hydrogen) atoms. The van der Waals surface area contributed by atoms with Crippen molar-refractivity contribution in [2.75, 3.05) is 19.6 Å². The average molecular weight is 293 g/mol. The van der Waals surface area contributed by atoms with Crippen LogP contribution in [0.5, 0.6) is 11.5 Å². The summed E-state index contributed by atoms with van der Waals surface area (Å²) < 4.78 is 11.2. The fraction of sp³-hybridized carbons (Fsp3) is 0.625. The first-order chi connectivity index (χ1) is 9.81. The van der Waals surface area contributed by atoms with Gasteiger partial charge in [0.05, 0.1) is 0 Å². The van der Waals surface area contributed by atoms with Crippen LogP contribution in [0, 0.1) is 0 Å². The second-order valence-electron chi connectivity index (χ2n) is 5.74. The van der Waals surface area contributed by atoms with E-state index in [1.165, 1.54) is 37.7 Å². The Hall–Kier alpha value is -0.870. The lowest BCUT2D eigenvalue weighted by Gasteiger charge is -2.36. The maximum Gasteiger partial charge on any atom is 0.231 e. The minimum atomic E-state index is 0.349. The van der Waals surface area contributed by atoms with E-state index in [1.807, 2.05) is 17.8 Å². The summed E-state index contributed by atoms with van der Waals surface area (Å²) in [4.78, 5) is 0. The number of hydrogen-bond acceptors (Lipinski definition) is 4. The molecule has 1 aromatic rings. The van der Waals surface area contributed by atoms with E-state index in [2.05, 4.69) is 23.7 Å². The molecule has 1 aliphatic heterocycles. The molecule has 0 radical (unpaired) electrons. The molecule has 0 amide bonds. The molecular weight excluding hydrogens is 270 g/mol. The molecule has 3 rings (SSSR count). The van der Waals surface area contributed by atoms with Gasteiger partial charge in [0.15, 0.2) is 11.5 Å². The van der Waals surface area contributed by atoms with Crippen LogP contribution in [0.25, 0.3) is 0 Å². The zero-order valence-corrected chi connectivity index (χ0v) is 12.9. The van der Waals surface area contributed by atoms with Gasteiger partial charge in [-0.3, -0.25) is 0 Å². The Kier molecular flexibility index (Phi) is 4.41. The van der Waals surface area contributed by atoms with Crippen LogP contribution >= 0.6 is 11.8 Å². The molecule has 4 heteroatoms. The molecule has 0 atom stereocenters. The highest BCUT2D eigenvalue weighted by atomic mass is 32.2. The van der Waals surface area contributed by atoms with Gasteiger partial charge in [0.1, 0.15) is 0 Å². The standard InChI is InChI=1S/C16H23NO2S/c1-20-16(7-3-2-4-8-16)11-17-10-13-5-6-14-15(9-13)19-12-18-14/h5-6,9,17H,2-4,7-8,10-12H2,1H3. The van der Waals surface area contributed by atoms with Crippen molar-refractivity contribution in [2.24, 2.45) is 0 Å². The third kappa shape index (κ3) is 3.07. The van der Waals surface area contributed by atoms with Crippen LogP contribution in [0.3, 0.4) is 0 Å². The molecule has 110 valence electrons. The summed E-state index contributed by atoms with van der Waals surface area (Å²) in [5, 5.41) is 3.64. The van der Waals surface area contributed by atoms with E-state index < -0.39 is 0 Å². The largest absolute Gasteiger partial charge is 0.454 e. The van der Waals surface area contributed by atoms with Crippen molar-refractivity contribution in [3.05, 3.63) is 23.8 Å². The fourth-order valence-corrected chi connectivity index (χ4v) is 4.08. The van der Waals surface area contributed by atoms with Crippen molar-refractivity contribution in [2.45, 2.75) is 43.4 Å². The molecule has 3 nitrogen and oxygen atoms in total. The quantitative estimate of drug-likeness (QED) is 0.899. The fourth-order valence-electron chi connectivity index (χ4n) is 3.13. The molecular formula is C16H23NO2S. The summed E-state index contributed by atoms with van der Waals surface area (Å²) in [6, 6.07) is 6.21. The topological polar surface area (TPSA) is 30.5 Å². The van der Waals surface area contributed by atoms with Crippen LogP contribution in [0.4, 0.5) is 0 Å². The second-order valence-corrected chi connectivity index (χ2v) is 7.01. The Balaban J connectivity index is 1.54. The van der Waals surface area contributed by atoms with E-state index >= 15 is 0 Å². The van der Waals surface area contributed by atoms with Crippen molar-refractivity contribution in [1.29, 1.82) is 0 Å². The summed E-state index contributed by atoms with van der Waals surface area (Å²) in [6.07, 6.45) is 9.13. The predicted molar refractivity (Wildman–Crippen MR) is 83.6 cm³/mol. The van der Waals surface area contributed by atoms with Gasteiger partial charge in [-0.05, 0) is 36.8 Å². The van der Waals surface area contributed by atoms with Gasteiger partial charge in [-0.1, -0.05) is 25.3 Å². The Labute approximate surface area is 125 Å². The van der Waals surface area contributed by atoms with Gasteiger partial charge in [0.2, 0.25) is 6.79 Å². The lowest BCUT2D eigenvalue weighted by Crippen LogP contribution is -2.39. The van der Waals surface area contributed by atoms with Crippen LogP contribution in [0.2, 0.25) is 0 Å². The number of benzene rings is 1. The third-order valence-electron chi connectivity index (χ3n) is 4.41. The van der Waals surface area contributed by atoms with E-state index in [9.17, 15) is 0 Å². The van der Waals surface area contributed by atoms with Crippen molar-refractivity contribution in [1.82, 2.24) is 5.32 Å². The number of fused-ring (bicyclic) bond motifs is 1. The van der Waals surface area contributed by atoms with E-state index in [0.717, 1.165) is 24.6 Å². The van der Waals surface area contributed by atoms with E-state index in [-0.39, 0.29) is 0 Å².